The second-order valence-electron chi connectivity index (χ2n) is 14.8. The Balaban J connectivity index is 0.988. The van der Waals surface area contributed by atoms with E-state index in [1.54, 1.807) is 88.8 Å². The zero-order chi connectivity index (χ0) is 43.8. The number of likely N-dealkylation sites (tertiary alicyclic amines) is 2. The van der Waals surface area contributed by atoms with Crippen LogP contribution >= 0.6 is 0 Å². The molecule has 18 nitrogen and oxygen atoms in total. The SMILES string of the molecule is CCN(C(=O)c1ccc(C(=O)Nc2cnc([C@H]3CCCN3C(=O)[C@@H](NC(=O)OC)c3ccccc3)[nH]2)cc1)c1cnc([C@@H]2CCCN2C(=O)[C@@H](NC(=O)OC)c2ccccc2)[nH]1. The van der Waals surface area contributed by atoms with E-state index in [-0.39, 0.29) is 17.7 Å². The number of amides is 6. The number of aromatic amines is 2. The van der Waals surface area contributed by atoms with E-state index < -0.39 is 42.3 Å². The van der Waals surface area contributed by atoms with Gasteiger partial charge in [0.05, 0.1) is 38.7 Å². The summed E-state index contributed by atoms with van der Waals surface area (Å²) in [4.78, 5) is 99.6. The summed E-state index contributed by atoms with van der Waals surface area (Å²) in [5.74, 6) is 0.363. The molecule has 2 saturated heterocycles. The van der Waals surface area contributed by atoms with Gasteiger partial charge in [-0.2, -0.15) is 0 Å². The standard InChI is InChI=1S/C44H48N10O8/c1-4-52(34-26-46-38(49-34)32-18-12-24-54(32)42(58)36(51-44(60)62-3)28-15-9-6-10-16-28)40(56)30-21-19-29(20-22-30)39(55)48-33-25-45-37(47-33)31-17-11-23-53(31)41(57)35(50-43(59)61-2)27-13-7-5-8-14-27/h5-10,13-16,19-22,25-26,31-32,35-36H,4,11-12,17-18,23-24H2,1-3H3,(H,45,47)(H,46,49)(H,48,55)(H,50,59)(H,51,60)/t31-,32+,35+,36+/m1/s1. The molecule has 18 heteroatoms. The normalized spacial score (nSPS) is 16.8. The minimum atomic E-state index is -0.965. The fourth-order valence-electron chi connectivity index (χ4n) is 7.92. The highest BCUT2D eigenvalue weighted by atomic mass is 16.5. The lowest BCUT2D eigenvalue weighted by atomic mass is 10.1. The van der Waals surface area contributed by atoms with Gasteiger partial charge in [-0.15, -0.1) is 0 Å². The minimum Gasteiger partial charge on any atom is -0.453 e. The van der Waals surface area contributed by atoms with Crippen molar-refractivity contribution in [2.24, 2.45) is 0 Å². The first kappa shape index (κ1) is 42.6. The number of nitrogens with zero attached hydrogens (tertiary/aromatic N) is 5. The molecule has 5 N–H and O–H groups in total. The van der Waals surface area contributed by atoms with Crippen molar-refractivity contribution in [1.82, 2.24) is 40.4 Å². The molecule has 2 aromatic heterocycles. The van der Waals surface area contributed by atoms with Crippen LogP contribution in [0.4, 0.5) is 21.2 Å². The average molecular weight is 845 g/mol. The Morgan fingerprint density at radius 1 is 0.694 bits per heavy atom. The zero-order valence-corrected chi connectivity index (χ0v) is 34.5. The van der Waals surface area contributed by atoms with E-state index >= 15 is 0 Å². The Kier molecular flexibility index (Phi) is 13.2. The molecule has 5 aromatic rings. The van der Waals surface area contributed by atoms with E-state index in [0.29, 0.717) is 84.4 Å². The number of benzene rings is 3. The lowest BCUT2D eigenvalue weighted by molar-refractivity contribution is -0.135. The molecule has 7 rings (SSSR count). The second-order valence-corrected chi connectivity index (χ2v) is 14.8. The summed E-state index contributed by atoms with van der Waals surface area (Å²) >= 11 is 0. The van der Waals surface area contributed by atoms with Crippen LogP contribution < -0.4 is 20.9 Å². The Morgan fingerprint density at radius 3 is 1.68 bits per heavy atom. The summed E-state index contributed by atoms with van der Waals surface area (Å²) in [7, 11) is 2.48. The predicted octanol–water partition coefficient (Wildman–Crippen LogP) is 5.57. The maximum absolute atomic E-state index is 13.9. The smallest absolute Gasteiger partial charge is 0.407 e. The largest absolute Gasteiger partial charge is 0.453 e. The van der Waals surface area contributed by atoms with Crippen LogP contribution in [0.3, 0.4) is 0 Å². The summed E-state index contributed by atoms with van der Waals surface area (Å²) < 4.78 is 9.58. The molecule has 2 aliphatic heterocycles. The molecule has 0 bridgehead atoms. The number of rotatable bonds is 13. The van der Waals surface area contributed by atoms with Crippen LogP contribution in [0, 0.1) is 0 Å². The fourth-order valence-corrected chi connectivity index (χ4v) is 7.92. The fraction of sp³-hybridized carbons (Fsp3) is 0.318. The molecule has 2 aliphatic rings. The van der Waals surface area contributed by atoms with Gasteiger partial charge in [-0.3, -0.25) is 24.1 Å². The summed E-state index contributed by atoms with van der Waals surface area (Å²) in [5.41, 5.74) is 1.85. The Hall–Kier alpha value is -7.50. The van der Waals surface area contributed by atoms with E-state index in [1.165, 1.54) is 25.3 Å². The molecule has 3 aromatic carbocycles. The number of carbonyl (C=O) groups is 6. The lowest BCUT2D eigenvalue weighted by Crippen LogP contribution is -2.42. The van der Waals surface area contributed by atoms with Crippen molar-refractivity contribution >= 4 is 47.5 Å². The van der Waals surface area contributed by atoms with Gasteiger partial charge in [0, 0.05) is 30.8 Å². The number of aromatic nitrogens is 4. The van der Waals surface area contributed by atoms with Gasteiger partial charge in [0.25, 0.3) is 23.6 Å². The number of hydrogen-bond donors (Lipinski definition) is 5. The second kappa shape index (κ2) is 19.3. The Bertz CT molecular complexity index is 2390. The monoisotopic (exact) mass is 844 g/mol. The molecule has 6 amide bonds. The molecule has 0 radical (unpaired) electrons. The van der Waals surface area contributed by atoms with Crippen molar-refractivity contribution in [3.63, 3.8) is 0 Å². The van der Waals surface area contributed by atoms with E-state index in [0.717, 1.165) is 6.42 Å². The number of methoxy groups -OCH3 is 2. The molecular weight excluding hydrogens is 797 g/mol. The highest BCUT2D eigenvalue weighted by molar-refractivity contribution is 6.07. The zero-order valence-electron chi connectivity index (χ0n) is 34.5. The van der Waals surface area contributed by atoms with Crippen LogP contribution in [0.1, 0.15) is 100 Å². The maximum atomic E-state index is 13.9. The van der Waals surface area contributed by atoms with E-state index in [9.17, 15) is 28.8 Å². The number of alkyl carbamates (subject to hydrolysis) is 2. The molecule has 4 atom stereocenters. The van der Waals surface area contributed by atoms with Crippen molar-refractivity contribution < 1.29 is 38.2 Å². The molecular formula is C44H48N10O8. The summed E-state index contributed by atoms with van der Waals surface area (Å²) in [6.45, 7) is 3.04. The van der Waals surface area contributed by atoms with Gasteiger partial charge in [-0.25, -0.2) is 19.6 Å². The number of nitrogens with one attached hydrogen (secondary N) is 5. The van der Waals surface area contributed by atoms with Crippen LogP contribution in [0.15, 0.2) is 97.3 Å². The highest BCUT2D eigenvalue weighted by Gasteiger charge is 2.39. The molecule has 4 heterocycles. The molecule has 0 aliphatic carbocycles. The third-order valence-electron chi connectivity index (χ3n) is 11.0. The lowest BCUT2D eigenvalue weighted by Gasteiger charge is -2.28. The van der Waals surface area contributed by atoms with Gasteiger partial charge in [-0.1, -0.05) is 60.7 Å². The van der Waals surface area contributed by atoms with Gasteiger partial charge >= 0.3 is 12.2 Å². The van der Waals surface area contributed by atoms with Crippen molar-refractivity contribution in [2.75, 3.05) is 44.1 Å². The van der Waals surface area contributed by atoms with E-state index in [1.807, 2.05) is 19.1 Å². The van der Waals surface area contributed by atoms with Crippen LogP contribution in [0.25, 0.3) is 0 Å². The van der Waals surface area contributed by atoms with Crippen molar-refractivity contribution in [1.29, 1.82) is 0 Å². The van der Waals surface area contributed by atoms with Crippen LogP contribution in [0.2, 0.25) is 0 Å². The Morgan fingerprint density at radius 2 is 1.18 bits per heavy atom. The minimum absolute atomic E-state index is 0.295. The topological polar surface area (TPSA) is 224 Å². The number of carbonyl (C=O) groups excluding carboxylic acids is 6. The van der Waals surface area contributed by atoms with Gasteiger partial charge in [0.15, 0.2) is 0 Å². The van der Waals surface area contributed by atoms with Crippen LogP contribution in [-0.4, -0.2) is 99.4 Å². The summed E-state index contributed by atoms with van der Waals surface area (Å²) in [6.07, 6.45) is 4.27. The Labute approximate surface area is 357 Å². The number of hydrogen-bond acceptors (Lipinski definition) is 10. The summed E-state index contributed by atoms with van der Waals surface area (Å²) in [6, 6.07) is 21.3. The first-order chi connectivity index (χ1) is 30.1. The molecule has 0 spiro atoms. The highest BCUT2D eigenvalue weighted by Crippen LogP contribution is 2.35. The number of anilines is 2. The number of imidazole rings is 2. The third kappa shape index (κ3) is 9.28. The maximum Gasteiger partial charge on any atom is 0.407 e. The number of ether oxygens (including phenoxy) is 2. The van der Waals surface area contributed by atoms with Crippen LogP contribution in [0.5, 0.6) is 0 Å². The number of H-pyrrole nitrogens is 2. The third-order valence-corrected chi connectivity index (χ3v) is 11.0. The average Bonchev–Trinajstić information content (AvgIpc) is 4.16. The first-order valence-corrected chi connectivity index (χ1v) is 20.3. The van der Waals surface area contributed by atoms with E-state index in [2.05, 4.69) is 35.9 Å². The predicted molar refractivity (Wildman–Crippen MR) is 226 cm³/mol. The van der Waals surface area contributed by atoms with Crippen molar-refractivity contribution in [3.05, 3.63) is 131 Å². The molecule has 322 valence electrons. The van der Waals surface area contributed by atoms with Crippen LogP contribution in [-0.2, 0) is 19.1 Å². The van der Waals surface area contributed by atoms with E-state index in [4.69, 9.17) is 9.47 Å². The molecule has 62 heavy (non-hydrogen) atoms. The molecule has 2 fully saturated rings. The summed E-state index contributed by atoms with van der Waals surface area (Å²) in [5, 5.41) is 8.11. The quantitative estimate of drug-likeness (QED) is 0.0991. The first-order valence-electron chi connectivity index (χ1n) is 20.3. The van der Waals surface area contributed by atoms with Gasteiger partial charge in [-0.05, 0) is 68.0 Å². The van der Waals surface area contributed by atoms with Gasteiger partial charge in [0.2, 0.25) is 0 Å². The molecule has 0 saturated carbocycles. The van der Waals surface area contributed by atoms with Crippen molar-refractivity contribution in [2.45, 2.75) is 56.8 Å². The van der Waals surface area contributed by atoms with Gasteiger partial charge < -0.3 is 45.2 Å². The van der Waals surface area contributed by atoms with Gasteiger partial charge in [0.1, 0.15) is 35.4 Å². The molecule has 0 unspecified atom stereocenters. The van der Waals surface area contributed by atoms with Crippen molar-refractivity contribution in [3.8, 4) is 0 Å².